The second-order valence-electron chi connectivity index (χ2n) is 7.68. The minimum absolute atomic E-state index is 0.472. The van der Waals surface area contributed by atoms with Crippen molar-refractivity contribution < 1.29 is 8.78 Å². The van der Waals surface area contributed by atoms with Gasteiger partial charge in [-0.2, -0.15) is 0 Å². The van der Waals surface area contributed by atoms with Gasteiger partial charge in [0.15, 0.2) is 11.6 Å². The minimum Gasteiger partial charge on any atom is -0.364 e. The van der Waals surface area contributed by atoms with Crippen molar-refractivity contribution >= 4 is 22.7 Å². The van der Waals surface area contributed by atoms with Crippen LogP contribution in [0.2, 0.25) is 0 Å². The van der Waals surface area contributed by atoms with E-state index in [1.807, 2.05) is 6.07 Å². The summed E-state index contributed by atoms with van der Waals surface area (Å²) in [5, 5.41) is 3.50. The molecule has 0 radical (unpaired) electrons. The molecule has 0 amide bonds. The average molecular weight is 396 g/mol. The van der Waals surface area contributed by atoms with Gasteiger partial charge in [-0.15, -0.1) is 0 Å². The number of benzene rings is 1. The van der Waals surface area contributed by atoms with Gasteiger partial charge >= 0.3 is 0 Å². The van der Waals surface area contributed by atoms with Gasteiger partial charge in [0.2, 0.25) is 0 Å². The number of piperazine rings is 1. The van der Waals surface area contributed by atoms with Gasteiger partial charge in [-0.3, -0.25) is 9.88 Å². The second kappa shape index (κ2) is 7.51. The van der Waals surface area contributed by atoms with Crippen LogP contribution >= 0.6 is 0 Å². The molecule has 8 heteroatoms. The van der Waals surface area contributed by atoms with Crippen LogP contribution in [-0.4, -0.2) is 52.1 Å². The number of rotatable bonds is 5. The Morgan fingerprint density at radius 3 is 2.59 bits per heavy atom. The summed E-state index contributed by atoms with van der Waals surface area (Å²) in [6.07, 6.45) is 5.77. The highest BCUT2D eigenvalue weighted by atomic mass is 19.1. The summed E-state index contributed by atoms with van der Waals surface area (Å²) in [7, 11) is 0. The number of pyridine rings is 1. The molecule has 2 fully saturated rings. The summed E-state index contributed by atoms with van der Waals surface area (Å²) >= 11 is 0. The van der Waals surface area contributed by atoms with Gasteiger partial charge in [0.05, 0.1) is 11.7 Å². The highest BCUT2D eigenvalue weighted by Crippen LogP contribution is 2.31. The van der Waals surface area contributed by atoms with Gasteiger partial charge in [0.1, 0.15) is 17.2 Å². The Balaban J connectivity index is 1.32. The van der Waals surface area contributed by atoms with Crippen LogP contribution in [0, 0.1) is 11.6 Å². The third kappa shape index (κ3) is 3.98. The number of nitrogens with zero attached hydrogens (tertiary/aromatic N) is 5. The van der Waals surface area contributed by atoms with Crippen molar-refractivity contribution in [2.45, 2.75) is 25.4 Å². The van der Waals surface area contributed by atoms with E-state index in [1.54, 1.807) is 12.4 Å². The van der Waals surface area contributed by atoms with E-state index in [2.05, 4.69) is 20.1 Å². The Kier molecular flexibility index (Phi) is 4.71. The lowest BCUT2D eigenvalue weighted by Crippen LogP contribution is -2.46. The number of aromatic nitrogens is 3. The van der Waals surface area contributed by atoms with Crippen molar-refractivity contribution in [1.82, 2.24) is 19.9 Å². The quantitative estimate of drug-likeness (QED) is 0.715. The van der Waals surface area contributed by atoms with Gasteiger partial charge in [0, 0.05) is 56.6 Å². The minimum atomic E-state index is -0.545. The maximum atomic E-state index is 14.0. The van der Waals surface area contributed by atoms with Crippen LogP contribution in [0.1, 0.15) is 18.4 Å². The Bertz CT molecular complexity index is 1030. The fraction of sp³-hybridized carbons (Fsp3) is 0.381. The average Bonchev–Trinajstić information content (AvgIpc) is 3.54. The van der Waals surface area contributed by atoms with E-state index in [9.17, 15) is 8.78 Å². The largest absolute Gasteiger partial charge is 0.364 e. The van der Waals surface area contributed by atoms with Crippen LogP contribution in [0.4, 0.5) is 20.4 Å². The lowest BCUT2D eigenvalue weighted by atomic mass is 10.1. The maximum Gasteiger partial charge on any atom is 0.172 e. The predicted octanol–water partition coefficient (Wildman–Crippen LogP) is 3.20. The highest BCUT2D eigenvalue weighted by molar-refractivity contribution is 5.80. The molecule has 3 aromatic rings. The molecule has 1 aliphatic carbocycles. The fourth-order valence-electron chi connectivity index (χ4n) is 3.64. The van der Waals surface area contributed by atoms with Gasteiger partial charge in [-0.25, -0.2) is 18.7 Å². The molecule has 0 spiro atoms. The molecule has 1 saturated carbocycles. The van der Waals surface area contributed by atoms with Crippen LogP contribution in [0.25, 0.3) is 11.0 Å². The van der Waals surface area contributed by atoms with Crippen molar-refractivity contribution in [1.29, 1.82) is 0 Å². The number of hydrogen-bond acceptors (Lipinski definition) is 6. The molecule has 2 aromatic heterocycles. The zero-order valence-corrected chi connectivity index (χ0v) is 16.0. The summed E-state index contributed by atoms with van der Waals surface area (Å²) < 4.78 is 27.1. The lowest BCUT2D eigenvalue weighted by molar-refractivity contribution is 0.246. The first-order valence-electron chi connectivity index (χ1n) is 9.95. The van der Waals surface area contributed by atoms with E-state index in [-0.39, 0.29) is 0 Å². The van der Waals surface area contributed by atoms with Crippen LogP contribution < -0.4 is 10.2 Å². The Labute approximate surface area is 167 Å². The summed E-state index contributed by atoms with van der Waals surface area (Å²) in [5.74, 6) is 0.642. The zero-order chi connectivity index (χ0) is 19.8. The second-order valence-corrected chi connectivity index (χ2v) is 7.68. The molecule has 1 saturated heterocycles. The maximum absolute atomic E-state index is 14.0. The number of halogens is 2. The first kappa shape index (κ1) is 18.2. The van der Waals surface area contributed by atoms with Crippen LogP contribution in [0.15, 0.2) is 36.7 Å². The molecule has 1 aliphatic heterocycles. The molecule has 0 atom stereocenters. The molecule has 2 aliphatic rings. The van der Waals surface area contributed by atoms with Crippen LogP contribution in [0.3, 0.4) is 0 Å². The van der Waals surface area contributed by atoms with Crippen LogP contribution in [-0.2, 0) is 6.54 Å². The van der Waals surface area contributed by atoms with E-state index in [0.29, 0.717) is 18.2 Å². The first-order valence-corrected chi connectivity index (χ1v) is 9.95. The van der Waals surface area contributed by atoms with Gasteiger partial charge < -0.3 is 10.2 Å². The Hall–Kier alpha value is -2.87. The van der Waals surface area contributed by atoms with Crippen molar-refractivity contribution in [3.8, 4) is 0 Å². The molecular weight excluding hydrogens is 374 g/mol. The molecule has 5 rings (SSSR count). The summed E-state index contributed by atoms with van der Waals surface area (Å²) in [4.78, 5) is 18.2. The molecule has 1 N–H and O–H groups in total. The van der Waals surface area contributed by atoms with Crippen molar-refractivity contribution in [3.63, 3.8) is 0 Å². The van der Waals surface area contributed by atoms with Crippen LogP contribution in [0.5, 0.6) is 0 Å². The summed E-state index contributed by atoms with van der Waals surface area (Å²) in [6, 6.07) is 6.13. The smallest absolute Gasteiger partial charge is 0.172 e. The van der Waals surface area contributed by atoms with Crippen molar-refractivity contribution in [2.24, 2.45) is 0 Å². The normalized spacial score (nSPS) is 17.7. The lowest BCUT2D eigenvalue weighted by Gasteiger charge is -2.36. The summed E-state index contributed by atoms with van der Waals surface area (Å²) in [5.41, 5.74) is 2.13. The molecule has 0 bridgehead atoms. The monoisotopic (exact) mass is 396 g/mol. The van der Waals surface area contributed by atoms with E-state index >= 15 is 0 Å². The molecule has 1 aromatic carbocycles. The summed E-state index contributed by atoms with van der Waals surface area (Å²) in [6.45, 7) is 3.56. The van der Waals surface area contributed by atoms with E-state index in [4.69, 9.17) is 9.97 Å². The molecule has 29 heavy (non-hydrogen) atoms. The van der Waals surface area contributed by atoms with Gasteiger partial charge in [0.25, 0.3) is 0 Å². The SMILES string of the molecule is Fc1ccc(CN2CCN(c3nc4ccncc4nc3NC3CC3)CC2)c(F)c1. The topological polar surface area (TPSA) is 57.2 Å². The molecule has 150 valence electrons. The molecule has 3 heterocycles. The molecule has 0 unspecified atom stereocenters. The number of nitrogens with one attached hydrogen (secondary N) is 1. The zero-order valence-electron chi connectivity index (χ0n) is 16.0. The molecule has 6 nitrogen and oxygen atoms in total. The predicted molar refractivity (Wildman–Crippen MR) is 108 cm³/mol. The Morgan fingerprint density at radius 1 is 1.00 bits per heavy atom. The number of anilines is 2. The van der Waals surface area contributed by atoms with E-state index in [1.165, 1.54) is 12.1 Å². The molecular formula is C21H22F2N6. The van der Waals surface area contributed by atoms with Crippen molar-refractivity contribution in [3.05, 3.63) is 53.9 Å². The highest BCUT2D eigenvalue weighted by Gasteiger charge is 2.27. The fourth-order valence-corrected chi connectivity index (χ4v) is 3.64. The third-order valence-electron chi connectivity index (χ3n) is 5.45. The van der Waals surface area contributed by atoms with Gasteiger partial charge in [-0.1, -0.05) is 6.07 Å². The van der Waals surface area contributed by atoms with Crippen molar-refractivity contribution in [2.75, 3.05) is 36.4 Å². The third-order valence-corrected chi connectivity index (χ3v) is 5.45. The standard InChI is InChI=1S/C21H22F2N6/c22-15-2-1-14(17(23)11-15)13-28-7-9-29(10-8-28)21-20(25-16-3-4-16)26-19-12-24-6-5-18(19)27-21/h1-2,5-6,11-12,16H,3-4,7-10,13H2,(H,25,26). The number of fused-ring (bicyclic) bond motifs is 1. The number of hydrogen-bond donors (Lipinski definition) is 1. The van der Waals surface area contributed by atoms with E-state index in [0.717, 1.165) is 67.8 Å². The Morgan fingerprint density at radius 2 is 1.83 bits per heavy atom. The van der Waals surface area contributed by atoms with E-state index < -0.39 is 11.6 Å². The first-order chi connectivity index (χ1) is 14.2. The van der Waals surface area contributed by atoms with Gasteiger partial charge in [-0.05, 0) is 25.0 Å².